The molecule has 0 spiro atoms. The van der Waals surface area contributed by atoms with E-state index in [9.17, 15) is 45.9 Å². The van der Waals surface area contributed by atoms with E-state index in [-0.39, 0.29) is 64.9 Å². The third kappa shape index (κ3) is 15.6. The number of urea groups is 1. The van der Waals surface area contributed by atoms with Crippen LogP contribution in [0.15, 0.2) is 24.3 Å². The Kier molecular flexibility index (Phi) is 19.9. The third-order valence-corrected chi connectivity index (χ3v) is 7.55. The van der Waals surface area contributed by atoms with Crippen LogP contribution < -0.4 is 31.7 Å². The van der Waals surface area contributed by atoms with Crippen LogP contribution >= 0.6 is 0 Å². The first kappa shape index (κ1) is 45.3. The van der Waals surface area contributed by atoms with Crippen molar-refractivity contribution in [2.75, 3.05) is 51.5 Å². The Bertz CT molecular complexity index is 1540. The lowest BCUT2D eigenvalue weighted by Crippen LogP contribution is -2.54. The maximum absolute atomic E-state index is 13.6. The highest BCUT2D eigenvalue weighted by molar-refractivity contribution is 5.98. The average Bonchev–Trinajstić information content (AvgIpc) is 3.14. The molecule has 0 heterocycles. The van der Waals surface area contributed by atoms with E-state index < -0.39 is 83.1 Å². The van der Waals surface area contributed by atoms with Crippen LogP contribution in [0.25, 0.3) is 0 Å². The van der Waals surface area contributed by atoms with Gasteiger partial charge in [0.25, 0.3) is 0 Å². The standard InChI is InChI=1S/C35H46F5N5O9/c1-4-21-7-9-22(10-8-21)43-33(48)23(6-5-13-42-35(41)50)44-34(49)31(20(2)3)45-24(46)11-14-51-16-18-53-19-17-52-15-12-25(47)54-32-29(39)27(37)26(36)28(38)30(32)40/h7-10,20,23,31H,4-6,11-19H2,1-3H3,(H,43,48)(H,44,49)(H,45,46)(H3,41,42,50)/t23-,31-/m0/s1. The first-order valence-corrected chi connectivity index (χ1v) is 17.1. The Morgan fingerprint density at radius 3 is 1.80 bits per heavy atom. The Morgan fingerprint density at radius 1 is 0.722 bits per heavy atom. The normalized spacial score (nSPS) is 12.2. The lowest BCUT2D eigenvalue weighted by Gasteiger charge is -2.25. The summed E-state index contributed by atoms with van der Waals surface area (Å²) in [6.07, 6.45) is 0.697. The highest BCUT2D eigenvalue weighted by Crippen LogP contribution is 2.29. The molecular weight excluding hydrogens is 729 g/mol. The Hall–Kier alpha value is -4.88. The van der Waals surface area contributed by atoms with Gasteiger partial charge in [-0.15, -0.1) is 0 Å². The molecule has 5 amide bonds. The molecule has 54 heavy (non-hydrogen) atoms. The van der Waals surface area contributed by atoms with Gasteiger partial charge in [-0.2, -0.15) is 8.78 Å². The van der Waals surface area contributed by atoms with E-state index in [1.54, 1.807) is 26.0 Å². The number of aryl methyl sites for hydroxylation is 1. The number of ether oxygens (including phenoxy) is 4. The number of anilines is 1. The smallest absolute Gasteiger partial charge is 0.313 e. The van der Waals surface area contributed by atoms with Crippen molar-refractivity contribution in [1.82, 2.24) is 16.0 Å². The number of rotatable bonds is 24. The summed E-state index contributed by atoms with van der Waals surface area (Å²) in [7, 11) is 0. The molecule has 0 bridgehead atoms. The van der Waals surface area contributed by atoms with Crippen molar-refractivity contribution in [3.8, 4) is 5.75 Å². The summed E-state index contributed by atoms with van der Waals surface area (Å²) in [5.74, 6) is -16.3. The summed E-state index contributed by atoms with van der Waals surface area (Å²) in [6.45, 7) is 5.58. The lowest BCUT2D eigenvalue weighted by molar-refractivity contribution is -0.136. The zero-order chi connectivity index (χ0) is 40.2. The summed E-state index contributed by atoms with van der Waals surface area (Å²) in [5.41, 5.74) is 6.74. The van der Waals surface area contributed by atoms with Crippen molar-refractivity contribution < 1.29 is 64.9 Å². The molecule has 2 aromatic carbocycles. The lowest BCUT2D eigenvalue weighted by atomic mass is 10.0. The quantitative estimate of drug-likeness (QED) is 0.0265. The molecule has 0 fully saturated rings. The largest absolute Gasteiger partial charge is 0.420 e. The predicted molar refractivity (Wildman–Crippen MR) is 184 cm³/mol. The van der Waals surface area contributed by atoms with Gasteiger partial charge < -0.3 is 45.9 Å². The minimum atomic E-state index is -2.38. The maximum Gasteiger partial charge on any atom is 0.313 e. The minimum absolute atomic E-state index is 0.00199. The Labute approximate surface area is 309 Å². The van der Waals surface area contributed by atoms with Crippen LogP contribution in [0.1, 0.15) is 52.0 Å². The second kappa shape index (κ2) is 23.7. The molecule has 14 nitrogen and oxygen atoms in total. The number of amides is 5. The van der Waals surface area contributed by atoms with E-state index in [2.05, 4.69) is 26.0 Å². The molecular formula is C35H46F5N5O9. The molecule has 300 valence electrons. The molecule has 2 rings (SSSR count). The highest BCUT2D eigenvalue weighted by Gasteiger charge is 2.30. The molecule has 2 atom stereocenters. The van der Waals surface area contributed by atoms with Gasteiger partial charge in [-0.1, -0.05) is 32.9 Å². The van der Waals surface area contributed by atoms with Crippen LogP contribution in [-0.2, 0) is 39.8 Å². The number of carbonyl (C=O) groups is 5. The van der Waals surface area contributed by atoms with Crippen molar-refractivity contribution in [2.24, 2.45) is 11.7 Å². The molecule has 0 saturated heterocycles. The molecule has 0 aliphatic heterocycles. The van der Waals surface area contributed by atoms with Gasteiger partial charge in [0.1, 0.15) is 12.1 Å². The third-order valence-electron chi connectivity index (χ3n) is 7.55. The fraction of sp³-hybridized carbons (Fsp3) is 0.514. The van der Waals surface area contributed by atoms with Gasteiger partial charge >= 0.3 is 12.0 Å². The van der Waals surface area contributed by atoms with Crippen molar-refractivity contribution in [3.05, 3.63) is 58.9 Å². The fourth-order valence-corrected chi connectivity index (χ4v) is 4.58. The molecule has 6 N–H and O–H groups in total. The Balaban J connectivity index is 1.69. The molecule has 0 radical (unpaired) electrons. The number of primary amides is 1. The van der Waals surface area contributed by atoms with Gasteiger partial charge in [0.05, 0.1) is 46.1 Å². The molecule has 0 aliphatic carbocycles. The summed E-state index contributed by atoms with van der Waals surface area (Å²) >= 11 is 0. The van der Waals surface area contributed by atoms with Crippen molar-refractivity contribution in [3.63, 3.8) is 0 Å². The van der Waals surface area contributed by atoms with Gasteiger partial charge in [0, 0.05) is 18.7 Å². The zero-order valence-electron chi connectivity index (χ0n) is 30.2. The number of nitrogens with one attached hydrogen (secondary N) is 4. The van der Waals surface area contributed by atoms with Crippen LogP contribution in [0, 0.1) is 35.0 Å². The number of nitrogens with two attached hydrogens (primary N) is 1. The number of halogens is 5. The van der Waals surface area contributed by atoms with E-state index in [4.69, 9.17) is 19.9 Å². The molecule has 0 unspecified atom stereocenters. The van der Waals surface area contributed by atoms with E-state index in [0.29, 0.717) is 12.1 Å². The number of hydrogen-bond donors (Lipinski definition) is 5. The van der Waals surface area contributed by atoms with Crippen LogP contribution in [-0.4, -0.2) is 88.0 Å². The first-order valence-electron chi connectivity index (χ1n) is 17.1. The van der Waals surface area contributed by atoms with Crippen LogP contribution in [0.2, 0.25) is 0 Å². The average molecular weight is 776 g/mol. The summed E-state index contributed by atoms with van der Waals surface area (Å²) in [5, 5.41) is 10.6. The van der Waals surface area contributed by atoms with Gasteiger partial charge in [0.2, 0.25) is 52.6 Å². The zero-order valence-corrected chi connectivity index (χ0v) is 30.2. The number of benzene rings is 2. The van der Waals surface area contributed by atoms with Crippen molar-refractivity contribution in [2.45, 2.75) is 65.0 Å². The summed E-state index contributed by atoms with van der Waals surface area (Å²) in [4.78, 5) is 61.9. The molecule has 0 aliphatic rings. The van der Waals surface area contributed by atoms with Gasteiger partial charge in [-0.25, -0.2) is 18.0 Å². The van der Waals surface area contributed by atoms with Gasteiger partial charge in [0.15, 0.2) is 0 Å². The van der Waals surface area contributed by atoms with E-state index in [1.807, 2.05) is 19.1 Å². The maximum atomic E-state index is 13.6. The second-order valence-electron chi connectivity index (χ2n) is 12.0. The fourth-order valence-electron chi connectivity index (χ4n) is 4.58. The molecule has 2 aromatic rings. The first-order chi connectivity index (χ1) is 25.7. The summed E-state index contributed by atoms with van der Waals surface area (Å²) < 4.78 is 86.9. The highest BCUT2D eigenvalue weighted by atomic mass is 19.2. The molecule has 19 heteroatoms. The van der Waals surface area contributed by atoms with Crippen molar-refractivity contribution in [1.29, 1.82) is 0 Å². The number of hydrogen-bond acceptors (Lipinski definition) is 9. The number of esters is 1. The van der Waals surface area contributed by atoms with E-state index in [0.717, 1.165) is 12.0 Å². The Morgan fingerprint density at radius 2 is 1.26 bits per heavy atom. The SMILES string of the molecule is CCc1ccc(NC(=O)[C@H](CCCNC(N)=O)NC(=O)[C@@H](NC(=O)CCOCCOCCOCCC(=O)Oc2c(F)c(F)c(F)c(F)c2F)C(C)C)cc1. The summed E-state index contributed by atoms with van der Waals surface area (Å²) in [6, 6.07) is 4.59. The molecule has 0 saturated carbocycles. The van der Waals surface area contributed by atoms with E-state index >= 15 is 0 Å². The molecule has 0 aromatic heterocycles. The van der Waals surface area contributed by atoms with Crippen molar-refractivity contribution >= 4 is 35.4 Å². The minimum Gasteiger partial charge on any atom is -0.420 e. The van der Waals surface area contributed by atoms with Crippen LogP contribution in [0.3, 0.4) is 0 Å². The second-order valence-corrected chi connectivity index (χ2v) is 12.0. The number of carbonyl (C=O) groups excluding carboxylic acids is 5. The predicted octanol–water partition coefficient (Wildman–Crippen LogP) is 3.39. The van der Waals surface area contributed by atoms with Gasteiger partial charge in [-0.05, 0) is 42.9 Å². The van der Waals surface area contributed by atoms with Gasteiger partial charge in [-0.3, -0.25) is 19.2 Å². The monoisotopic (exact) mass is 775 g/mol. The topological polar surface area (TPSA) is 196 Å². The van der Waals surface area contributed by atoms with E-state index in [1.165, 1.54) is 0 Å². The van der Waals surface area contributed by atoms with Crippen LogP contribution in [0.5, 0.6) is 5.75 Å². The van der Waals surface area contributed by atoms with Crippen LogP contribution in [0.4, 0.5) is 32.4 Å².